The van der Waals surface area contributed by atoms with Crippen molar-refractivity contribution in [2.75, 3.05) is 0 Å². The Morgan fingerprint density at radius 3 is 1.97 bits per heavy atom. The molecule has 4 rings (SSSR count). The summed E-state index contributed by atoms with van der Waals surface area (Å²) in [5.74, 6) is -0.780. The summed E-state index contributed by atoms with van der Waals surface area (Å²) in [4.78, 5) is 25.8. The largest absolute Gasteiger partial charge is 0.295 e. The Labute approximate surface area is 179 Å². The zero-order valence-electron chi connectivity index (χ0n) is 17.0. The van der Waals surface area contributed by atoms with Crippen LogP contribution >= 0.6 is 0 Å². The quantitative estimate of drug-likeness (QED) is 0.375. The van der Waals surface area contributed by atoms with Crippen LogP contribution in [0.5, 0.6) is 0 Å². The van der Waals surface area contributed by atoms with Crippen LogP contribution in [0.1, 0.15) is 28.3 Å². The van der Waals surface area contributed by atoms with Crippen molar-refractivity contribution in [2.45, 2.75) is 12.8 Å². The minimum Gasteiger partial charge on any atom is -0.295 e. The normalized spacial score (nSPS) is 11.2. The van der Waals surface area contributed by atoms with Gasteiger partial charge in [0.2, 0.25) is 0 Å². The summed E-state index contributed by atoms with van der Waals surface area (Å²) in [6.07, 6.45) is 1.39. The lowest BCUT2D eigenvalue weighted by atomic mass is 9.91. The van der Waals surface area contributed by atoms with E-state index in [9.17, 15) is 9.59 Å². The van der Waals surface area contributed by atoms with Gasteiger partial charge in [0.25, 0.3) is 11.5 Å². The van der Waals surface area contributed by atoms with Gasteiger partial charge in [-0.1, -0.05) is 78.9 Å². The van der Waals surface area contributed by atoms with Crippen molar-refractivity contribution in [1.29, 1.82) is 0 Å². The molecule has 0 unspecified atom stereocenters. The van der Waals surface area contributed by atoms with Gasteiger partial charge in [-0.05, 0) is 30.2 Å². The number of hydrazone groups is 1. The minimum atomic E-state index is -0.507. The molecule has 6 nitrogen and oxygen atoms in total. The van der Waals surface area contributed by atoms with Crippen LogP contribution in [0.25, 0.3) is 5.69 Å². The van der Waals surface area contributed by atoms with Crippen LogP contribution in [0, 0.1) is 6.92 Å². The fourth-order valence-corrected chi connectivity index (χ4v) is 3.48. The van der Waals surface area contributed by atoms with Gasteiger partial charge in [-0.15, -0.1) is 0 Å². The molecule has 0 atom stereocenters. The molecule has 2 N–H and O–H groups in total. The standard InChI is InChI=1S/C25H22N4O2/c1-18-22(25(31)29(28-18)21-15-9-4-10-16-21)17-26-27-24(30)23(19-11-5-2-6-12-19)20-13-7-3-8-14-20/h2-17,23,28H,1H3,(H,27,30)/b26-17+. The van der Waals surface area contributed by atoms with Crippen molar-refractivity contribution in [3.05, 3.63) is 124 Å². The van der Waals surface area contributed by atoms with Crippen LogP contribution in [0.15, 0.2) is 101 Å². The first kappa shape index (κ1) is 20.1. The molecule has 0 saturated heterocycles. The number of hydrogen-bond acceptors (Lipinski definition) is 3. The van der Waals surface area contributed by atoms with Crippen molar-refractivity contribution in [3.8, 4) is 5.69 Å². The van der Waals surface area contributed by atoms with E-state index in [0.717, 1.165) is 16.8 Å². The second-order valence-electron chi connectivity index (χ2n) is 7.12. The maximum atomic E-state index is 13.0. The molecular formula is C25H22N4O2. The van der Waals surface area contributed by atoms with E-state index in [4.69, 9.17) is 0 Å². The molecule has 4 aromatic rings. The summed E-state index contributed by atoms with van der Waals surface area (Å²) in [7, 11) is 0. The van der Waals surface area contributed by atoms with Crippen LogP contribution in [0.3, 0.4) is 0 Å². The SMILES string of the molecule is Cc1[nH]n(-c2ccccc2)c(=O)c1/C=N/NC(=O)C(c1ccccc1)c1ccccc1. The number of aryl methyl sites for hydroxylation is 1. The predicted molar refractivity (Wildman–Crippen MR) is 122 cm³/mol. The van der Waals surface area contributed by atoms with Gasteiger partial charge < -0.3 is 0 Å². The summed E-state index contributed by atoms with van der Waals surface area (Å²) < 4.78 is 1.45. The Hall–Kier alpha value is -4.19. The highest BCUT2D eigenvalue weighted by atomic mass is 16.2. The monoisotopic (exact) mass is 410 g/mol. The van der Waals surface area contributed by atoms with Gasteiger partial charge in [-0.3, -0.25) is 14.7 Å². The van der Waals surface area contributed by atoms with E-state index in [2.05, 4.69) is 15.6 Å². The zero-order valence-corrected chi connectivity index (χ0v) is 17.0. The first-order valence-corrected chi connectivity index (χ1v) is 9.95. The number of carbonyl (C=O) groups excluding carboxylic acids is 1. The molecule has 1 aromatic heterocycles. The summed E-state index contributed by atoms with van der Waals surface area (Å²) >= 11 is 0. The number of benzene rings is 3. The second-order valence-corrected chi connectivity index (χ2v) is 7.12. The molecule has 1 heterocycles. The van der Waals surface area contributed by atoms with Crippen LogP contribution in [0.4, 0.5) is 0 Å². The Morgan fingerprint density at radius 2 is 1.42 bits per heavy atom. The van der Waals surface area contributed by atoms with Crippen molar-refractivity contribution in [1.82, 2.24) is 15.2 Å². The van der Waals surface area contributed by atoms with Gasteiger partial charge >= 0.3 is 0 Å². The number of hydrogen-bond donors (Lipinski definition) is 2. The van der Waals surface area contributed by atoms with E-state index in [0.29, 0.717) is 11.3 Å². The topological polar surface area (TPSA) is 79.2 Å². The highest BCUT2D eigenvalue weighted by Crippen LogP contribution is 2.24. The van der Waals surface area contributed by atoms with Crippen molar-refractivity contribution in [2.24, 2.45) is 5.10 Å². The Bertz CT molecular complexity index is 1200. The number of para-hydroxylation sites is 1. The average molecular weight is 410 g/mol. The number of nitrogens with one attached hydrogen (secondary N) is 2. The second kappa shape index (κ2) is 9.09. The Morgan fingerprint density at radius 1 is 0.903 bits per heavy atom. The first-order chi connectivity index (χ1) is 15.1. The molecule has 154 valence electrons. The molecule has 0 fully saturated rings. The number of carbonyl (C=O) groups is 1. The minimum absolute atomic E-state index is 0.232. The molecule has 6 heteroatoms. The summed E-state index contributed by atoms with van der Waals surface area (Å²) in [5.41, 5.74) is 5.88. The summed E-state index contributed by atoms with van der Waals surface area (Å²) in [6.45, 7) is 1.79. The highest BCUT2D eigenvalue weighted by molar-refractivity contribution is 5.88. The molecular weight excluding hydrogens is 388 g/mol. The Balaban J connectivity index is 1.58. The van der Waals surface area contributed by atoms with Crippen LogP contribution in [0.2, 0.25) is 0 Å². The maximum absolute atomic E-state index is 13.0. The lowest BCUT2D eigenvalue weighted by Gasteiger charge is -2.16. The van der Waals surface area contributed by atoms with Crippen LogP contribution in [-0.2, 0) is 4.79 Å². The number of nitrogens with zero attached hydrogens (tertiary/aromatic N) is 2. The van der Waals surface area contributed by atoms with Gasteiger partial charge in [-0.25, -0.2) is 10.1 Å². The average Bonchev–Trinajstić information content (AvgIpc) is 3.10. The summed E-state index contributed by atoms with van der Waals surface area (Å²) in [5, 5.41) is 7.13. The highest BCUT2D eigenvalue weighted by Gasteiger charge is 2.22. The lowest BCUT2D eigenvalue weighted by molar-refractivity contribution is -0.121. The van der Waals surface area contributed by atoms with E-state index in [1.807, 2.05) is 91.0 Å². The van der Waals surface area contributed by atoms with Gasteiger partial charge in [-0.2, -0.15) is 5.10 Å². The first-order valence-electron chi connectivity index (χ1n) is 9.95. The maximum Gasteiger partial charge on any atom is 0.280 e. The van der Waals surface area contributed by atoms with E-state index >= 15 is 0 Å². The van der Waals surface area contributed by atoms with Crippen molar-refractivity contribution < 1.29 is 4.79 Å². The number of rotatable bonds is 6. The third-order valence-corrected chi connectivity index (χ3v) is 5.03. The van der Waals surface area contributed by atoms with E-state index in [1.165, 1.54) is 10.9 Å². The molecule has 0 aliphatic rings. The number of aromatic amines is 1. The molecule has 0 spiro atoms. The van der Waals surface area contributed by atoms with Gasteiger partial charge in [0.15, 0.2) is 0 Å². The van der Waals surface area contributed by atoms with E-state index in [1.54, 1.807) is 6.92 Å². The van der Waals surface area contributed by atoms with Crippen LogP contribution < -0.4 is 11.0 Å². The summed E-state index contributed by atoms with van der Waals surface area (Å²) in [6, 6.07) is 28.4. The van der Waals surface area contributed by atoms with E-state index in [-0.39, 0.29) is 11.5 Å². The molecule has 0 saturated carbocycles. The fourth-order valence-electron chi connectivity index (χ4n) is 3.48. The molecule has 0 bridgehead atoms. The molecule has 0 radical (unpaired) electrons. The lowest BCUT2D eigenvalue weighted by Crippen LogP contribution is -2.26. The number of H-pyrrole nitrogens is 1. The molecule has 0 aliphatic carbocycles. The third kappa shape index (κ3) is 4.38. The smallest absolute Gasteiger partial charge is 0.280 e. The Kier molecular flexibility index (Phi) is 5.89. The molecule has 1 amide bonds. The fraction of sp³-hybridized carbons (Fsp3) is 0.0800. The van der Waals surface area contributed by atoms with Crippen molar-refractivity contribution in [3.63, 3.8) is 0 Å². The van der Waals surface area contributed by atoms with E-state index < -0.39 is 5.92 Å². The van der Waals surface area contributed by atoms with Crippen LogP contribution in [-0.4, -0.2) is 21.9 Å². The van der Waals surface area contributed by atoms with Gasteiger partial charge in [0.05, 0.1) is 23.4 Å². The van der Waals surface area contributed by atoms with Crippen molar-refractivity contribution >= 4 is 12.1 Å². The third-order valence-electron chi connectivity index (χ3n) is 5.03. The van der Waals surface area contributed by atoms with Gasteiger partial charge in [0, 0.05) is 5.69 Å². The predicted octanol–water partition coefficient (Wildman–Crippen LogP) is 3.76. The van der Waals surface area contributed by atoms with Gasteiger partial charge in [0.1, 0.15) is 0 Å². The zero-order chi connectivity index (χ0) is 21.6. The number of amides is 1. The molecule has 0 aliphatic heterocycles. The molecule has 31 heavy (non-hydrogen) atoms. The number of aromatic nitrogens is 2. The molecule has 3 aromatic carbocycles.